The smallest absolute Gasteiger partial charge is 0.317 e. The van der Waals surface area contributed by atoms with Crippen LogP contribution in [0.15, 0.2) is 0 Å². The first kappa shape index (κ1) is 12.3. The Labute approximate surface area is 93.2 Å². The van der Waals surface area contributed by atoms with Crippen LogP contribution in [0.4, 0.5) is 4.79 Å². The van der Waals surface area contributed by atoms with Crippen molar-refractivity contribution in [3.63, 3.8) is 0 Å². The molecule has 1 aliphatic rings. The molecule has 0 aromatic carbocycles. The maximum atomic E-state index is 11.7. The van der Waals surface area contributed by atoms with Crippen molar-refractivity contribution in [1.82, 2.24) is 10.2 Å². The zero-order valence-corrected chi connectivity index (χ0v) is 10.1. The number of rotatable bonds is 4. The molecule has 1 N–H and O–H groups in total. The van der Waals surface area contributed by atoms with E-state index in [1.165, 1.54) is 19.3 Å². The van der Waals surface area contributed by atoms with Crippen molar-refractivity contribution in [3.05, 3.63) is 0 Å². The van der Waals surface area contributed by atoms with Crippen molar-refractivity contribution in [2.24, 2.45) is 5.92 Å². The van der Waals surface area contributed by atoms with Crippen LogP contribution in [-0.4, -0.2) is 30.6 Å². The van der Waals surface area contributed by atoms with Crippen LogP contribution in [0.5, 0.6) is 0 Å². The second-order valence-corrected chi connectivity index (χ2v) is 4.45. The molecule has 0 saturated carbocycles. The van der Waals surface area contributed by atoms with Crippen LogP contribution in [-0.2, 0) is 0 Å². The van der Waals surface area contributed by atoms with Crippen LogP contribution >= 0.6 is 0 Å². The Bertz CT molecular complexity index is 194. The summed E-state index contributed by atoms with van der Waals surface area (Å²) in [5.41, 5.74) is 0. The molecule has 0 radical (unpaired) electrons. The van der Waals surface area contributed by atoms with E-state index in [1.807, 2.05) is 4.90 Å². The molecule has 0 spiro atoms. The molecule has 3 heteroatoms. The average Bonchev–Trinajstić information content (AvgIpc) is 2.29. The number of urea groups is 1. The Morgan fingerprint density at radius 3 is 2.93 bits per heavy atom. The Morgan fingerprint density at radius 1 is 1.47 bits per heavy atom. The van der Waals surface area contributed by atoms with Crippen LogP contribution in [0.25, 0.3) is 0 Å². The van der Waals surface area contributed by atoms with Gasteiger partial charge in [-0.2, -0.15) is 0 Å². The molecule has 1 heterocycles. The van der Waals surface area contributed by atoms with Gasteiger partial charge in [-0.05, 0) is 25.2 Å². The molecule has 88 valence electrons. The molecule has 1 aliphatic heterocycles. The summed E-state index contributed by atoms with van der Waals surface area (Å²) >= 11 is 0. The summed E-state index contributed by atoms with van der Waals surface area (Å²) in [6.45, 7) is 7.06. The van der Waals surface area contributed by atoms with E-state index in [1.54, 1.807) is 0 Å². The normalized spacial score (nSPS) is 21.5. The highest BCUT2D eigenvalue weighted by molar-refractivity contribution is 5.74. The molecule has 2 amide bonds. The van der Waals surface area contributed by atoms with Crippen LogP contribution < -0.4 is 5.32 Å². The third-order valence-corrected chi connectivity index (χ3v) is 3.19. The topological polar surface area (TPSA) is 32.3 Å². The van der Waals surface area contributed by atoms with Crippen LogP contribution in [0.3, 0.4) is 0 Å². The predicted molar refractivity (Wildman–Crippen MR) is 62.9 cm³/mol. The van der Waals surface area contributed by atoms with Gasteiger partial charge in [0, 0.05) is 19.6 Å². The number of likely N-dealkylation sites (tertiary alicyclic amines) is 1. The molecule has 1 atom stereocenters. The number of carbonyl (C=O) groups is 1. The minimum absolute atomic E-state index is 0.140. The quantitative estimate of drug-likeness (QED) is 0.714. The molecule has 15 heavy (non-hydrogen) atoms. The summed E-state index contributed by atoms with van der Waals surface area (Å²) in [4.78, 5) is 13.7. The summed E-state index contributed by atoms with van der Waals surface area (Å²) in [5, 5.41) is 2.98. The predicted octanol–water partition coefficient (Wildman–Crippen LogP) is 2.62. The summed E-state index contributed by atoms with van der Waals surface area (Å²) in [7, 11) is 0. The fourth-order valence-corrected chi connectivity index (χ4v) is 2.07. The minimum Gasteiger partial charge on any atom is -0.338 e. The maximum Gasteiger partial charge on any atom is 0.317 e. The molecule has 0 aromatic heterocycles. The summed E-state index contributed by atoms with van der Waals surface area (Å²) in [6, 6.07) is 0.140. The van der Waals surface area contributed by atoms with Gasteiger partial charge < -0.3 is 10.2 Å². The molecule has 0 bridgehead atoms. The first-order valence-corrected chi connectivity index (χ1v) is 6.30. The average molecular weight is 212 g/mol. The van der Waals surface area contributed by atoms with Gasteiger partial charge in [0.15, 0.2) is 0 Å². The highest BCUT2D eigenvalue weighted by atomic mass is 16.2. The van der Waals surface area contributed by atoms with E-state index >= 15 is 0 Å². The SMILES string of the molecule is CCCCNC(=O)N1CCCC(CC)C1. The third kappa shape index (κ3) is 4.10. The van der Waals surface area contributed by atoms with Crippen molar-refractivity contribution >= 4 is 6.03 Å². The Hall–Kier alpha value is -0.730. The number of hydrogen-bond donors (Lipinski definition) is 1. The van der Waals surface area contributed by atoms with Gasteiger partial charge in [-0.1, -0.05) is 26.7 Å². The molecule has 1 rings (SSSR count). The van der Waals surface area contributed by atoms with Gasteiger partial charge in [-0.3, -0.25) is 0 Å². The van der Waals surface area contributed by atoms with E-state index in [-0.39, 0.29) is 6.03 Å². The number of piperidine rings is 1. The lowest BCUT2D eigenvalue weighted by Gasteiger charge is -2.32. The molecule has 1 saturated heterocycles. The van der Waals surface area contributed by atoms with Crippen LogP contribution in [0, 0.1) is 5.92 Å². The molecular weight excluding hydrogens is 188 g/mol. The zero-order chi connectivity index (χ0) is 11.1. The van der Waals surface area contributed by atoms with Gasteiger partial charge in [0.25, 0.3) is 0 Å². The molecular formula is C12H24N2O. The first-order chi connectivity index (χ1) is 7.27. The zero-order valence-electron chi connectivity index (χ0n) is 10.1. The van der Waals surface area contributed by atoms with Crippen molar-refractivity contribution in [1.29, 1.82) is 0 Å². The molecule has 0 aliphatic carbocycles. The lowest BCUT2D eigenvalue weighted by molar-refractivity contribution is 0.164. The van der Waals surface area contributed by atoms with Gasteiger partial charge >= 0.3 is 6.03 Å². The van der Waals surface area contributed by atoms with Gasteiger partial charge in [0.1, 0.15) is 0 Å². The van der Waals surface area contributed by atoms with E-state index in [9.17, 15) is 4.79 Å². The van der Waals surface area contributed by atoms with Gasteiger partial charge in [0.2, 0.25) is 0 Å². The van der Waals surface area contributed by atoms with Crippen molar-refractivity contribution in [3.8, 4) is 0 Å². The number of nitrogens with one attached hydrogen (secondary N) is 1. The highest BCUT2D eigenvalue weighted by Gasteiger charge is 2.21. The largest absolute Gasteiger partial charge is 0.338 e. The Kier molecular flexibility index (Phi) is 5.51. The fourth-order valence-electron chi connectivity index (χ4n) is 2.07. The van der Waals surface area contributed by atoms with Crippen molar-refractivity contribution in [2.45, 2.75) is 46.0 Å². The standard InChI is InChI=1S/C12H24N2O/c1-3-5-8-13-12(15)14-9-6-7-11(4-2)10-14/h11H,3-10H2,1-2H3,(H,13,15). The maximum absolute atomic E-state index is 11.7. The Morgan fingerprint density at radius 2 is 2.27 bits per heavy atom. The summed E-state index contributed by atoms with van der Waals surface area (Å²) in [5.74, 6) is 0.718. The van der Waals surface area contributed by atoms with E-state index in [2.05, 4.69) is 19.2 Å². The van der Waals surface area contributed by atoms with Gasteiger partial charge in [0.05, 0.1) is 0 Å². The van der Waals surface area contributed by atoms with E-state index in [4.69, 9.17) is 0 Å². The molecule has 3 nitrogen and oxygen atoms in total. The number of amides is 2. The molecule has 1 unspecified atom stereocenters. The Balaban J connectivity index is 2.25. The molecule has 0 aromatic rings. The fraction of sp³-hybridized carbons (Fsp3) is 0.917. The number of unbranched alkanes of at least 4 members (excludes halogenated alkanes) is 1. The summed E-state index contributed by atoms with van der Waals surface area (Å²) < 4.78 is 0. The second kappa shape index (κ2) is 6.70. The summed E-state index contributed by atoms with van der Waals surface area (Å²) in [6.07, 6.45) is 5.86. The molecule has 1 fully saturated rings. The number of nitrogens with zero attached hydrogens (tertiary/aromatic N) is 1. The lowest BCUT2D eigenvalue weighted by Crippen LogP contribution is -2.45. The van der Waals surface area contributed by atoms with E-state index in [0.29, 0.717) is 0 Å². The first-order valence-electron chi connectivity index (χ1n) is 6.30. The van der Waals surface area contributed by atoms with E-state index in [0.717, 1.165) is 38.4 Å². The minimum atomic E-state index is 0.140. The van der Waals surface area contributed by atoms with Gasteiger partial charge in [-0.25, -0.2) is 4.79 Å². The van der Waals surface area contributed by atoms with Gasteiger partial charge in [-0.15, -0.1) is 0 Å². The lowest BCUT2D eigenvalue weighted by atomic mass is 9.96. The van der Waals surface area contributed by atoms with Crippen molar-refractivity contribution < 1.29 is 4.79 Å². The number of carbonyl (C=O) groups excluding carboxylic acids is 1. The van der Waals surface area contributed by atoms with E-state index < -0.39 is 0 Å². The monoisotopic (exact) mass is 212 g/mol. The van der Waals surface area contributed by atoms with Crippen molar-refractivity contribution in [2.75, 3.05) is 19.6 Å². The second-order valence-electron chi connectivity index (χ2n) is 4.45. The number of hydrogen-bond acceptors (Lipinski definition) is 1. The van der Waals surface area contributed by atoms with Crippen LogP contribution in [0.2, 0.25) is 0 Å². The highest BCUT2D eigenvalue weighted by Crippen LogP contribution is 2.18. The van der Waals surface area contributed by atoms with Crippen LogP contribution in [0.1, 0.15) is 46.0 Å². The third-order valence-electron chi connectivity index (χ3n) is 3.19.